The van der Waals surface area contributed by atoms with Crippen LogP contribution in [0, 0.1) is 5.82 Å². The van der Waals surface area contributed by atoms with Crippen LogP contribution in [0.5, 0.6) is 5.75 Å². The molecular formula is C18H19ClFNO2. The van der Waals surface area contributed by atoms with Crippen molar-refractivity contribution in [1.29, 1.82) is 0 Å². The summed E-state index contributed by atoms with van der Waals surface area (Å²) in [6.07, 6.45) is 1.74. The Morgan fingerprint density at radius 2 is 2.00 bits per heavy atom. The predicted octanol–water partition coefficient (Wildman–Crippen LogP) is 4.00. The van der Waals surface area contributed by atoms with Crippen LogP contribution in [0.25, 0.3) is 0 Å². The lowest BCUT2D eigenvalue weighted by Crippen LogP contribution is -2.36. The van der Waals surface area contributed by atoms with E-state index in [1.54, 1.807) is 0 Å². The molecule has 0 unspecified atom stereocenters. The van der Waals surface area contributed by atoms with Crippen LogP contribution in [0.3, 0.4) is 0 Å². The number of benzene rings is 2. The lowest BCUT2D eigenvalue weighted by Gasteiger charge is -2.14. The maximum absolute atomic E-state index is 12.9. The van der Waals surface area contributed by atoms with Gasteiger partial charge in [-0.25, -0.2) is 4.39 Å². The topological polar surface area (TPSA) is 38.3 Å². The summed E-state index contributed by atoms with van der Waals surface area (Å²) in [6.45, 7) is 1.80. The summed E-state index contributed by atoms with van der Waals surface area (Å²) in [7, 11) is 0. The fourth-order valence-corrected chi connectivity index (χ4v) is 2.37. The average molecular weight is 336 g/mol. The van der Waals surface area contributed by atoms with Crippen molar-refractivity contribution in [1.82, 2.24) is 5.32 Å². The molecule has 1 N–H and O–H groups in total. The van der Waals surface area contributed by atoms with Gasteiger partial charge in [0.1, 0.15) is 11.6 Å². The van der Waals surface area contributed by atoms with E-state index in [2.05, 4.69) is 17.4 Å². The summed E-state index contributed by atoms with van der Waals surface area (Å²) in [5.41, 5.74) is 1.24. The molecule has 2 aromatic carbocycles. The predicted molar refractivity (Wildman–Crippen MR) is 89.3 cm³/mol. The molecule has 0 saturated carbocycles. The molecule has 3 nitrogen and oxygen atoms in total. The van der Waals surface area contributed by atoms with Crippen LogP contribution < -0.4 is 10.1 Å². The zero-order valence-electron chi connectivity index (χ0n) is 12.9. The van der Waals surface area contributed by atoms with Crippen molar-refractivity contribution in [2.24, 2.45) is 0 Å². The first kappa shape index (κ1) is 17.3. The van der Waals surface area contributed by atoms with Gasteiger partial charge in [0.15, 0.2) is 6.61 Å². The van der Waals surface area contributed by atoms with Crippen molar-refractivity contribution >= 4 is 17.5 Å². The van der Waals surface area contributed by atoms with E-state index in [1.807, 2.05) is 25.1 Å². The number of aryl methyl sites for hydroxylation is 1. The maximum Gasteiger partial charge on any atom is 0.258 e. The summed E-state index contributed by atoms with van der Waals surface area (Å²) >= 11 is 5.84. The molecular weight excluding hydrogens is 317 g/mol. The third-order valence-corrected chi connectivity index (χ3v) is 3.66. The summed E-state index contributed by atoms with van der Waals surface area (Å²) in [5, 5.41) is 3.02. The highest BCUT2D eigenvalue weighted by Gasteiger charge is 2.10. The molecule has 23 heavy (non-hydrogen) atoms. The lowest BCUT2D eigenvalue weighted by atomic mass is 10.1. The molecule has 0 spiro atoms. The number of carbonyl (C=O) groups is 1. The minimum absolute atomic E-state index is 0.0370. The highest BCUT2D eigenvalue weighted by molar-refractivity contribution is 6.32. The van der Waals surface area contributed by atoms with Gasteiger partial charge in [0, 0.05) is 6.04 Å². The molecule has 1 amide bonds. The number of rotatable bonds is 7. The van der Waals surface area contributed by atoms with Crippen molar-refractivity contribution in [3.05, 3.63) is 64.9 Å². The Kier molecular flexibility index (Phi) is 6.41. The Morgan fingerprint density at radius 3 is 2.70 bits per heavy atom. The molecule has 2 rings (SSSR count). The minimum atomic E-state index is -0.443. The summed E-state index contributed by atoms with van der Waals surface area (Å²) in [5.74, 6) is -0.382. The molecule has 0 aromatic heterocycles. The van der Waals surface area contributed by atoms with Crippen LogP contribution in [0.2, 0.25) is 5.02 Å². The molecule has 0 fully saturated rings. The van der Waals surface area contributed by atoms with Gasteiger partial charge in [-0.2, -0.15) is 0 Å². The normalized spacial score (nSPS) is 11.8. The Balaban J connectivity index is 1.73. The number of carbonyl (C=O) groups excluding carboxylic acids is 1. The first-order valence-corrected chi connectivity index (χ1v) is 7.83. The van der Waals surface area contributed by atoms with Crippen molar-refractivity contribution in [3.8, 4) is 5.75 Å². The monoisotopic (exact) mass is 335 g/mol. The molecule has 0 bridgehead atoms. The van der Waals surface area contributed by atoms with Crippen LogP contribution in [-0.2, 0) is 11.2 Å². The van der Waals surface area contributed by atoms with E-state index in [-0.39, 0.29) is 23.6 Å². The van der Waals surface area contributed by atoms with Crippen LogP contribution in [0.15, 0.2) is 48.5 Å². The Labute approximate surface area is 140 Å². The largest absolute Gasteiger partial charge is 0.482 e. The molecule has 5 heteroatoms. The van der Waals surface area contributed by atoms with Crippen LogP contribution >= 0.6 is 11.6 Å². The van der Waals surface area contributed by atoms with Gasteiger partial charge in [-0.3, -0.25) is 4.79 Å². The van der Waals surface area contributed by atoms with Crippen LogP contribution in [-0.4, -0.2) is 18.6 Å². The van der Waals surface area contributed by atoms with Gasteiger partial charge in [-0.1, -0.05) is 41.9 Å². The fourth-order valence-electron chi connectivity index (χ4n) is 2.15. The second-order valence-corrected chi connectivity index (χ2v) is 5.76. The Morgan fingerprint density at radius 1 is 1.26 bits per heavy atom. The molecule has 0 aliphatic rings. The second kappa shape index (κ2) is 8.53. The summed E-state index contributed by atoms with van der Waals surface area (Å²) in [4.78, 5) is 11.9. The number of ether oxygens (including phenoxy) is 1. The number of hydrogen-bond donors (Lipinski definition) is 1. The smallest absolute Gasteiger partial charge is 0.258 e. The Bertz CT molecular complexity index is 649. The third-order valence-electron chi connectivity index (χ3n) is 3.37. The highest BCUT2D eigenvalue weighted by Crippen LogP contribution is 2.24. The van der Waals surface area contributed by atoms with E-state index >= 15 is 0 Å². The molecule has 0 radical (unpaired) electrons. The summed E-state index contributed by atoms with van der Waals surface area (Å²) < 4.78 is 18.2. The van der Waals surface area contributed by atoms with Gasteiger partial charge in [0.05, 0.1) is 5.02 Å². The highest BCUT2D eigenvalue weighted by atomic mass is 35.5. The first-order chi connectivity index (χ1) is 11.0. The number of halogens is 2. The van der Waals surface area contributed by atoms with Gasteiger partial charge < -0.3 is 10.1 Å². The van der Waals surface area contributed by atoms with E-state index in [0.29, 0.717) is 5.75 Å². The van der Waals surface area contributed by atoms with Gasteiger partial charge in [0.2, 0.25) is 0 Å². The SMILES string of the molecule is C[C@@H](CCc1ccccc1)NC(=O)COc1ccc(F)cc1Cl. The van der Waals surface area contributed by atoms with Crippen LogP contribution in [0.4, 0.5) is 4.39 Å². The minimum Gasteiger partial charge on any atom is -0.482 e. The molecule has 0 heterocycles. The summed E-state index contributed by atoms with van der Waals surface area (Å²) in [6, 6.07) is 13.9. The number of amides is 1. The van der Waals surface area contributed by atoms with E-state index in [0.717, 1.165) is 18.9 Å². The number of nitrogens with one attached hydrogen (secondary N) is 1. The lowest BCUT2D eigenvalue weighted by molar-refractivity contribution is -0.123. The van der Waals surface area contributed by atoms with Gasteiger partial charge in [-0.15, -0.1) is 0 Å². The standard InChI is InChI=1S/C18H19ClFNO2/c1-13(7-8-14-5-3-2-4-6-14)21-18(22)12-23-17-10-9-15(20)11-16(17)19/h2-6,9-11,13H,7-8,12H2,1H3,(H,21,22)/t13-/m0/s1. The van der Waals surface area contributed by atoms with Crippen molar-refractivity contribution < 1.29 is 13.9 Å². The molecule has 122 valence electrons. The molecule has 0 aliphatic heterocycles. The van der Waals surface area contributed by atoms with Gasteiger partial charge in [-0.05, 0) is 43.5 Å². The third kappa shape index (κ3) is 5.91. The van der Waals surface area contributed by atoms with Gasteiger partial charge >= 0.3 is 0 Å². The maximum atomic E-state index is 12.9. The van der Waals surface area contributed by atoms with E-state index in [9.17, 15) is 9.18 Å². The first-order valence-electron chi connectivity index (χ1n) is 7.45. The van der Waals surface area contributed by atoms with Crippen molar-refractivity contribution in [3.63, 3.8) is 0 Å². The molecule has 0 saturated heterocycles. The van der Waals surface area contributed by atoms with Crippen LogP contribution in [0.1, 0.15) is 18.9 Å². The van der Waals surface area contributed by atoms with Crippen molar-refractivity contribution in [2.45, 2.75) is 25.8 Å². The van der Waals surface area contributed by atoms with E-state index in [1.165, 1.54) is 17.7 Å². The fraction of sp³-hybridized carbons (Fsp3) is 0.278. The quantitative estimate of drug-likeness (QED) is 0.830. The van der Waals surface area contributed by atoms with Gasteiger partial charge in [0.25, 0.3) is 5.91 Å². The zero-order valence-corrected chi connectivity index (χ0v) is 13.6. The molecule has 1 atom stereocenters. The number of hydrogen-bond acceptors (Lipinski definition) is 2. The Hall–Kier alpha value is -2.07. The van der Waals surface area contributed by atoms with Crippen molar-refractivity contribution in [2.75, 3.05) is 6.61 Å². The molecule has 2 aromatic rings. The van der Waals surface area contributed by atoms with E-state index < -0.39 is 5.82 Å². The zero-order chi connectivity index (χ0) is 16.7. The molecule has 0 aliphatic carbocycles. The van der Waals surface area contributed by atoms with E-state index in [4.69, 9.17) is 16.3 Å². The average Bonchev–Trinajstić information content (AvgIpc) is 2.53. The second-order valence-electron chi connectivity index (χ2n) is 5.36.